The molecule has 4 rings (SSSR count). The van der Waals surface area contributed by atoms with E-state index in [2.05, 4.69) is 21.2 Å². The fourth-order valence-corrected chi connectivity index (χ4v) is 4.50. The van der Waals surface area contributed by atoms with Gasteiger partial charge in [0.2, 0.25) is 11.8 Å². The molecule has 0 spiro atoms. The maximum Gasteiger partial charge on any atom is 0.249 e. The first-order valence-electron chi connectivity index (χ1n) is 11.2. The molecule has 3 aromatic rings. The van der Waals surface area contributed by atoms with E-state index >= 15 is 0 Å². The van der Waals surface area contributed by atoms with E-state index in [1.807, 2.05) is 68.4 Å². The van der Waals surface area contributed by atoms with Crippen LogP contribution in [0.25, 0.3) is 10.8 Å². The van der Waals surface area contributed by atoms with Crippen LogP contribution in [0.1, 0.15) is 31.4 Å². The van der Waals surface area contributed by atoms with E-state index in [9.17, 15) is 9.59 Å². The normalized spacial score (nSPS) is 15.2. The second-order valence-corrected chi connectivity index (χ2v) is 8.44. The predicted octanol–water partition coefficient (Wildman–Crippen LogP) is 4.56. The van der Waals surface area contributed by atoms with Crippen molar-refractivity contribution in [2.24, 2.45) is 5.73 Å². The van der Waals surface area contributed by atoms with Gasteiger partial charge >= 0.3 is 0 Å². The topological polar surface area (TPSA) is 84.7 Å². The van der Waals surface area contributed by atoms with Crippen LogP contribution in [-0.2, 0) is 22.6 Å². The highest BCUT2D eigenvalue weighted by Gasteiger charge is 2.32. The van der Waals surface area contributed by atoms with Gasteiger partial charge in [-0.05, 0) is 53.4 Å². The number of amides is 2. The quantitative estimate of drug-likeness (QED) is 0.525. The molecule has 3 aromatic carbocycles. The molecule has 1 aliphatic heterocycles. The number of para-hydroxylation sites is 1. The number of methoxy groups -OCH3 is 1. The number of nitrogens with two attached hydrogens (primary N) is 1. The van der Waals surface area contributed by atoms with Gasteiger partial charge in [0.25, 0.3) is 0 Å². The molecule has 1 heterocycles. The van der Waals surface area contributed by atoms with E-state index < -0.39 is 6.04 Å². The lowest BCUT2D eigenvalue weighted by atomic mass is 10.0. The molecular weight excluding hydrogens is 482 g/mol. The molecule has 33 heavy (non-hydrogen) atoms. The fraction of sp³-hybridized carbons (Fsp3) is 0.308. The highest BCUT2D eigenvalue weighted by Crippen LogP contribution is 2.34. The minimum Gasteiger partial charge on any atom is -0.496 e. The average molecular weight is 512 g/mol. The number of nitrogens with zero attached hydrogens (tertiary/aromatic N) is 1. The van der Waals surface area contributed by atoms with Crippen LogP contribution in [0.5, 0.6) is 5.75 Å². The molecule has 0 saturated carbocycles. The molecule has 2 amide bonds. The Balaban J connectivity index is 0.00000149. The maximum absolute atomic E-state index is 13.6. The first kappa shape index (κ1) is 24.7. The summed E-state index contributed by atoms with van der Waals surface area (Å²) >= 11 is 3.52. The summed E-state index contributed by atoms with van der Waals surface area (Å²) in [6.07, 6.45) is 1.21. The number of carbonyl (C=O) groups is 2. The zero-order valence-electron chi connectivity index (χ0n) is 19.2. The van der Waals surface area contributed by atoms with Gasteiger partial charge < -0.3 is 20.7 Å². The number of halogens is 1. The Kier molecular flexibility index (Phi) is 8.47. The summed E-state index contributed by atoms with van der Waals surface area (Å²) < 4.78 is 6.64. The van der Waals surface area contributed by atoms with Gasteiger partial charge in [-0.25, -0.2) is 0 Å². The highest BCUT2D eigenvalue weighted by atomic mass is 79.9. The third-order valence-corrected chi connectivity index (χ3v) is 6.15. The molecule has 7 heteroatoms. The molecule has 0 aliphatic carbocycles. The predicted molar refractivity (Wildman–Crippen MR) is 136 cm³/mol. The van der Waals surface area contributed by atoms with Crippen molar-refractivity contribution in [1.82, 2.24) is 5.32 Å². The first-order chi connectivity index (χ1) is 16.0. The number of anilines is 1. The van der Waals surface area contributed by atoms with Gasteiger partial charge in [-0.15, -0.1) is 0 Å². The molecule has 1 atom stereocenters. The number of hydrogen-bond acceptors (Lipinski definition) is 4. The van der Waals surface area contributed by atoms with Crippen LogP contribution in [0.4, 0.5) is 5.69 Å². The summed E-state index contributed by atoms with van der Waals surface area (Å²) in [6, 6.07) is 17.2. The van der Waals surface area contributed by atoms with E-state index in [-0.39, 0.29) is 18.4 Å². The monoisotopic (exact) mass is 511 g/mol. The van der Waals surface area contributed by atoms with Crippen molar-refractivity contribution in [3.05, 3.63) is 70.2 Å². The van der Waals surface area contributed by atoms with Crippen molar-refractivity contribution >= 4 is 44.2 Å². The van der Waals surface area contributed by atoms with Crippen LogP contribution in [0.15, 0.2) is 59.1 Å². The maximum atomic E-state index is 13.6. The Morgan fingerprint density at radius 3 is 2.67 bits per heavy atom. The Bertz CT molecular complexity index is 1150. The Morgan fingerprint density at radius 2 is 1.94 bits per heavy atom. The summed E-state index contributed by atoms with van der Waals surface area (Å²) in [4.78, 5) is 27.3. The van der Waals surface area contributed by atoms with Gasteiger partial charge in [0.05, 0.1) is 20.2 Å². The molecule has 3 N–H and O–H groups in total. The van der Waals surface area contributed by atoms with Gasteiger partial charge in [0.15, 0.2) is 0 Å². The largest absolute Gasteiger partial charge is 0.496 e. The molecule has 1 unspecified atom stereocenters. The number of nitrogens with one attached hydrogen (secondary N) is 1. The summed E-state index contributed by atoms with van der Waals surface area (Å²) in [5, 5.41) is 4.85. The Hall–Kier alpha value is -2.90. The van der Waals surface area contributed by atoms with Gasteiger partial charge in [-0.3, -0.25) is 9.59 Å². The van der Waals surface area contributed by atoms with E-state index in [4.69, 9.17) is 10.5 Å². The molecule has 174 valence electrons. The number of fused-ring (bicyclic) bond motifs is 2. The highest BCUT2D eigenvalue weighted by molar-refractivity contribution is 9.10. The number of hydrogen-bond donors (Lipinski definition) is 2. The van der Waals surface area contributed by atoms with Gasteiger partial charge in [-0.1, -0.05) is 60.1 Å². The molecule has 1 aliphatic rings. The number of carbonyl (C=O) groups excluding carboxylic acids is 2. The summed E-state index contributed by atoms with van der Waals surface area (Å²) in [5.41, 5.74) is 8.32. The molecule has 0 radical (unpaired) electrons. The van der Waals surface area contributed by atoms with E-state index in [1.54, 1.807) is 12.0 Å². The van der Waals surface area contributed by atoms with Crippen molar-refractivity contribution in [2.45, 2.75) is 39.3 Å². The van der Waals surface area contributed by atoms with Crippen LogP contribution >= 0.6 is 15.9 Å². The van der Waals surface area contributed by atoms with Gasteiger partial charge in [0.1, 0.15) is 11.8 Å². The van der Waals surface area contributed by atoms with Crippen LogP contribution in [-0.4, -0.2) is 31.5 Å². The zero-order chi connectivity index (χ0) is 24.0. The van der Waals surface area contributed by atoms with Crippen LogP contribution in [0.2, 0.25) is 0 Å². The smallest absolute Gasteiger partial charge is 0.249 e. The lowest BCUT2D eigenvalue weighted by Crippen LogP contribution is -2.49. The minimum atomic E-state index is -0.626. The molecule has 0 saturated heterocycles. The van der Waals surface area contributed by atoms with Gasteiger partial charge in [0, 0.05) is 15.7 Å². The van der Waals surface area contributed by atoms with Crippen LogP contribution < -0.4 is 20.7 Å². The molecular formula is C26H30BrN3O3. The van der Waals surface area contributed by atoms with Crippen molar-refractivity contribution in [2.75, 3.05) is 18.6 Å². The lowest BCUT2D eigenvalue weighted by Gasteiger charge is -2.27. The SMILES string of the molecule is CC.COc1ccc2cc(Br)ccc2c1CN1C(=O)C(NC(=O)CN)CCc2ccccc21. The Morgan fingerprint density at radius 1 is 1.18 bits per heavy atom. The lowest BCUT2D eigenvalue weighted by molar-refractivity contribution is -0.127. The zero-order valence-corrected chi connectivity index (χ0v) is 20.8. The average Bonchev–Trinajstić information content (AvgIpc) is 2.97. The molecule has 0 bridgehead atoms. The second kappa shape index (κ2) is 11.3. The van der Waals surface area contributed by atoms with Crippen LogP contribution in [0, 0.1) is 0 Å². The second-order valence-electron chi connectivity index (χ2n) is 7.53. The van der Waals surface area contributed by atoms with Crippen molar-refractivity contribution in [3.63, 3.8) is 0 Å². The minimum absolute atomic E-state index is 0.150. The number of ether oxygens (including phenoxy) is 1. The molecule has 0 fully saturated rings. The van der Waals surface area contributed by atoms with Crippen molar-refractivity contribution in [3.8, 4) is 5.75 Å². The first-order valence-corrected chi connectivity index (χ1v) is 11.9. The standard InChI is InChI=1S/C24H24BrN3O3.C2H6/c1-31-22-11-7-16-12-17(25)8-9-18(16)19(22)14-28-21-5-3-2-4-15(21)6-10-20(24(28)30)27-23(29)13-26;1-2/h2-5,7-9,11-12,20H,6,10,13-14,26H2,1H3,(H,27,29);1-2H3. The summed E-state index contributed by atoms with van der Waals surface area (Å²) in [7, 11) is 1.63. The van der Waals surface area contributed by atoms with E-state index in [0.29, 0.717) is 25.1 Å². The molecule has 6 nitrogen and oxygen atoms in total. The summed E-state index contributed by atoms with van der Waals surface area (Å²) in [6.45, 7) is 4.18. The summed E-state index contributed by atoms with van der Waals surface area (Å²) in [5.74, 6) is 0.228. The fourth-order valence-electron chi connectivity index (χ4n) is 4.12. The van der Waals surface area contributed by atoms with Crippen molar-refractivity contribution in [1.29, 1.82) is 0 Å². The third kappa shape index (κ3) is 5.37. The Labute approximate surface area is 203 Å². The number of rotatable bonds is 5. The van der Waals surface area contributed by atoms with Gasteiger partial charge in [-0.2, -0.15) is 0 Å². The molecule has 0 aromatic heterocycles. The van der Waals surface area contributed by atoms with E-state index in [0.717, 1.165) is 32.1 Å². The number of aryl methyl sites for hydroxylation is 1. The van der Waals surface area contributed by atoms with Crippen LogP contribution in [0.3, 0.4) is 0 Å². The third-order valence-electron chi connectivity index (χ3n) is 5.66. The number of benzene rings is 3. The van der Waals surface area contributed by atoms with E-state index in [1.165, 1.54) is 0 Å². The van der Waals surface area contributed by atoms with Crippen molar-refractivity contribution < 1.29 is 14.3 Å².